The maximum absolute atomic E-state index is 12.6. The molecule has 2 N–H and O–H groups in total. The van der Waals surface area contributed by atoms with Crippen molar-refractivity contribution in [2.24, 2.45) is 0 Å². The summed E-state index contributed by atoms with van der Waals surface area (Å²) in [4.78, 5) is 25.8. The summed E-state index contributed by atoms with van der Waals surface area (Å²) in [5, 5.41) is 8.48. The SMILES string of the molecule is CN1CCCC2(CC(=O)c3cc(C=CC(=O)NO)ccc3O2)C1. The molecule has 2 aliphatic rings. The summed E-state index contributed by atoms with van der Waals surface area (Å²) < 4.78 is 6.20. The Kier molecular flexibility index (Phi) is 4.19. The summed E-state index contributed by atoms with van der Waals surface area (Å²) in [5.74, 6) is 0.0678. The average Bonchev–Trinajstić information content (AvgIpc) is 2.52. The van der Waals surface area contributed by atoms with Crippen LogP contribution in [0.1, 0.15) is 35.2 Å². The van der Waals surface area contributed by atoms with Gasteiger partial charge in [0.15, 0.2) is 5.78 Å². The van der Waals surface area contributed by atoms with Crippen LogP contribution in [0, 0.1) is 0 Å². The third-order valence-electron chi connectivity index (χ3n) is 4.38. The van der Waals surface area contributed by atoms with E-state index in [4.69, 9.17) is 9.94 Å². The van der Waals surface area contributed by atoms with E-state index in [2.05, 4.69) is 4.90 Å². The number of ether oxygens (including phenoxy) is 1. The largest absolute Gasteiger partial charge is 0.485 e. The van der Waals surface area contributed by atoms with Crippen LogP contribution in [0.25, 0.3) is 6.08 Å². The molecular formula is C17H20N2O4. The fourth-order valence-electron chi connectivity index (χ4n) is 3.37. The molecule has 1 fully saturated rings. The number of hydrogen-bond donors (Lipinski definition) is 2. The molecule has 1 aromatic rings. The van der Waals surface area contributed by atoms with Crippen molar-refractivity contribution in [3.05, 3.63) is 35.4 Å². The number of ketones is 1. The van der Waals surface area contributed by atoms with Crippen molar-refractivity contribution >= 4 is 17.8 Å². The second-order valence-corrected chi connectivity index (χ2v) is 6.29. The highest BCUT2D eigenvalue weighted by atomic mass is 16.5. The molecule has 6 nitrogen and oxygen atoms in total. The second kappa shape index (κ2) is 6.14. The van der Waals surface area contributed by atoms with E-state index < -0.39 is 11.5 Å². The molecule has 23 heavy (non-hydrogen) atoms. The third kappa shape index (κ3) is 3.28. The van der Waals surface area contributed by atoms with Gasteiger partial charge in [-0.2, -0.15) is 0 Å². The minimum atomic E-state index is -0.616. The van der Waals surface area contributed by atoms with Crippen LogP contribution in [0.2, 0.25) is 0 Å². The first kappa shape index (κ1) is 15.7. The Morgan fingerprint density at radius 3 is 3.04 bits per heavy atom. The molecule has 0 radical (unpaired) electrons. The number of piperidine rings is 1. The molecule has 0 aromatic heterocycles. The van der Waals surface area contributed by atoms with Crippen molar-refractivity contribution in [1.82, 2.24) is 10.4 Å². The first-order chi connectivity index (χ1) is 11.0. The van der Waals surface area contributed by atoms with E-state index in [1.54, 1.807) is 18.2 Å². The Hall–Kier alpha value is -2.18. The Balaban J connectivity index is 1.85. The van der Waals surface area contributed by atoms with Gasteiger partial charge in [-0.3, -0.25) is 14.8 Å². The van der Waals surface area contributed by atoms with Gasteiger partial charge in [0.05, 0.1) is 12.0 Å². The number of hydrogen-bond acceptors (Lipinski definition) is 5. The zero-order valence-corrected chi connectivity index (χ0v) is 13.0. The Morgan fingerprint density at radius 2 is 2.30 bits per heavy atom. The number of benzene rings is 1. The van der Waals surface area contributed by atoms with Gasteiger partial charge in [0.25, 0.3) is 5.91 Å². The van der Waals surface area contributed by atoms with Crippen LogP contribution in [0.5, 0.6) is 5.75 Å². The number of Topliss-reactive ketones (excluding diaryl/α,β-unsaturated/α-hetero) is 1. The zero-order chi connectivity index (χ0) is 16.4. The van der Waals surface area contributed by atoms with Crippen LogP contribution in [0.3, 0.4) is 0 Å². The Morgan fingerprint density at radius 1 is 1.48 bits per heavy atom. The number of likely N-dealkylation sites (N-methyl/N-ethyl adjacent to an activating group) is 1. The molecule has 0 bridgehead atoms. The van der Waals surface area contributed by atoms with Gasteiger partial charge in [-0.05, 0) is 50.2 Å². The lowest BCUT2D eigenvalue weighted by molar-refractivity contribution is -0.124. The zero-order valence-electron chi connectivity index (χ0n) is 13.0. The maximum atomic E-state index is 12.6. The van der Waals surface area contributed by atoms with Gasteiger partial charge in [-0.1, -0.05) is 6.07 Å². The fraction of sp³-hybridized carbons (Fsp3) is 0.412. The second-order valence-electron chi connectivity index (χ2n) is 6.29. The number of nitrogens with one attached hydrogen (secondary N) is 1. The molecule has 122 valence electrons. The van der Waals surface area contributed by atoms with E-state index in [0.717, 1.165) is 25.9 Å². The van der Waals surface area contributed by atoms with Crippen molar-refractivity contribution < 1.29 is 19.5 Å². The van der Waals surface area contributed by atoms with Crippen molar-refractivity contribution in [1.29, 1.82) is 0 Å². The molecule has 1 aromatic carbocycles. The molecule has 2 aliphatic heterocycles. The Labute approximate surface area is 134 Å². The normalized spacial score (nSPS) is 24.5. The molecule has 1 atom stereocenters. The lowest BCUT2D eigenvalue weighted by Gasteiger charge is -2.43. The van der Waals surface area contributed by atoms with Crippen LogP contribution in [0.15, 0.2) is 24.3 Å². The van der Waals surface area contributed by atoms with Gasteiger partial charge in [0, 0.05) is 12.6 Å². The Bertz CT molecular complexity index is 671. The molecule has 1 spiro atoms. The minimum Gasteiger partial charge on any atom is -0.485 e. The number of amides is 1. The first-order valence-electron chi connectivity index (χ1n) is 7.68. The summed E-state index contributed by atoms with van der Waals surface area (Å²) in [7, 11) is 2.05. The summed E-state index contributed by atoms with van der Waals surface area (Å²) in [6.45, 7) is 1.79. The van der Waals surface area contributed by atoms with E-state index in [1.165, 1.54) is 17.6 Å². The van der Waals surface area contributed by atoms with Crippen molar-refractivity contribution in [2.75, 3.05) is 20.1 Å². The lowest BCUT2D eigenvalue weighted by Crippen LogP contribution is -2.53. The monoisotopic (exact) mass is 316 g/mol. The topological polar surface area (TPSA) is 78.9 Å². The fourth-order valence-corrected chi connectivity index (χ4v) is 3.37. The van der Waals surface area contributed by atoms with E-state index in [9.17, 15) is 9.59 Å². The number of fused-ring (bicyclic) bond motifs is 1. The van der Waals surface area contributed by atoms with Gasteiger partial charge < -0.3 is 9.64 Å². The summed E-state index contributed by atoms with van der Waals surface area (Å²) in [6.07, 6.45) is 5.04. The van der Waals surface area contributed by atoms with Gasteiger partial charge in [-0.15, -0.1) is 0 Å². The van der Waals surface area contributed by atoms with Crippen molar-refractivity contribution in [3.8, 4) is 5.75 Å². The first-order valence-corrected chi connectivity index (χ1v) is 7.68. The van der Waals surface area contributed by atoms with Crippen LogP contribution in [0.4, 0.5) is 0 Å². The predicted octanol–water partition coefficient (Wildman–Crippen LogP) is 1.63. The minimum absolute atomic E-state index is 0.0726. The highest BCUT2D eigenvalue weighted by molar-refractivity contribution is 6.01. The molecule has 2 heterocycles. The van der Waals surface area contributed by atoms with Crippen LogP contribution >= 0.6 is 0 Å². The number of carbonyl (C=O) groups is 2. The molecule has 3 rings (SSSR count). The van der Waals surface area contributed by atoms with Gasteiger partial charge >= 0.3 is 0 Å². The smallest absolute Gasteiger partial charge is 0.267 e. The third-order valence-corrected chi connectivity index (χ3v) is 4.38. The quantitative estimate of drug-likeness (QED) is 0.492. The molecule has 1 unspecified atom stereocenters. The van der Waals surface area contributed by atoms with E-state index in [-0.39, 0.29) is 5.78 Å². The summed E-state index contributed by atoms with van der Waals surface area (Å²) in [6, 6.07) is 5.29. The van der Waals surface area contributed by atoms with Gasteiger partial charge in [-0.25, -0.2) is 5.48 Å². The number of carbonyl (C=O) groups excluding carboxylic acids is 2. The molecule has 1 saturated heterocycles. The van der Waals surface area contributed by atoms with Gasteiger partial charge in [0.2, 0.25) is 0 Å². The van der Waals surface area contributed by atoms with E-state index in [0.29, 0.717) is 23.3 Å². The van der Waals surface area contributed by atoms with E-state index >= 15 is 0 Å². The summed E-state index contributed by atoms with van der Waals surface area (Å²) >= 11 is 0. The number of hydroxylamine groups is 1. The standard InChI is InChI=1S/C17H20N2O4/c1-19-8-2-7-17(11-19)10-14(20)13-9-12(3-5-15(13)23-17)4-6-16(21)18-22/h3-6,9,22H,2,7-8,10-11H2,1H3,(H,18,21). The predicted molar refractivity (Wildman–Crippen MR) is 84.4 cm³/mol. The molecular weight excluding hydrogens is 296 g/mol. The number of rotatable bonds is 2. The lowest BCUT2D eigenvalue weighted by atomic mass is 9.83. The van der Waals surface area contributed by atoms with Gasteiger partial charge in [0.1, 0.15) is 11.4 Å². The molecule has 0 saturated carbocycles. The van der Waals surface area contributed by atoms with Crippen LogP contribution in [-0.2, 0) is 4.79 Å². The van der Waals surface area contributed by atoms with Crippen molar-refractivity contribution in [2.45, 2.75) is 24.9 Å². The average molecular weight is 316 g/mol. The number of likely N-dealkylation sites (tertiary alicyclic amines) is 1. The maximum Gasteiger partial charge on any atom is 0.267 e. The van der Waals surface area contributed by atoms with Crippen molar-refractivity contribution in [3.63, 3.8) is 0 Å². The van der Waals surface area contributed by atoms with Crippen LogP contribution in [-0.4, -0.2) is 47.5 Å². The van der Waals surface area contributed by atoms with E-state index in [1.807, 2.05) is 7.05 Å². The molecule has 0 aliphatic carbocycles. The summed E-state index contributed by atoms with van der Waals surface area (Å²) in [5.41, 5.74) is 2.38. The van der Waals surface area contributed by atoms with Crippen LogP contribution < -0.4 is 10.2 Å². The molecule has 1 amide bonds. The highest BCUT2D eigenvalue weighted by Crippen LogP contribution is 2.38. The highest BCUT2D eigenvalue weighted by Gasteiger charge is 2.42. The number of nitrogens with zero attached hydrogens (tertiary/aromatic N) is 1. The molecule has 6 heteroatoms.